The van der Waals surface area contributed by atoms with Crippen molar-refractivity contribution in [3.05, 3.63) is 67.7 Å². The van der Waals surface area contributed by atoms with Gasteiger partial charge in [0.1, 0.15) is 22.5 Å². The van der Waals surface area contributed by atoms with Crippen LogP contribution in [0.1, 0.15) is 47.2 Å². The summed E-state index contributed by atoms with van der Waals surface area (Å²) in [6.45, 7) is 5.82. The topological polar surface area (TPSA) is 123 Å². The lowest BCUT2D eigenvalue weighted by atomic mass is 9.99. The minimum absolute atomic E-state index is 0.0962. The van der Waals surface area contributed by atoms with Crippen molar-refractivity contribution in [2.45, 2.75) is 33.2 Å². The van der Waals surface area contributed by atoms with E-state index in [1.54, 1.807) is 25.1 Å². The minimum atomic E-state index is -0.590. The number of carbonyl (C=O) groups excluding carboxylic acids is 1. The molecule has 0 atom stereocenters. The minimum Gasteiger partial charge on any atom is -0.508 e. The number of nitrogens with zero attached hydrogens (tertiary/aromatic N) is 3. The van der Waals surface area contributed by atoms with Crippen LogP contribution in [0.4, 0.5) is 11.5 Å². The van der Waals surface area contributed by atoms with Gasteiger partial charge in [-0.1, -0.05) is 13.8 Å². The highest BCUT2D eigenvalue weighted by Gasteiger charge is 2.20. The molecule has 0 aliphatic rings. The summed E-state index contributed by atoms with van der Waals surface area (Å²) in [5.74, 6) is 0.0736. The van der Waals surface area contributed by atoms with Crippen LogP contribution in [0.3, 0.4) is 0 Å². The maximum atomic E-state index is 12.6. The molecule has 10 heteroatoms. The molecule has 0 fully saturated rings. The Bertz CT molecular complexity index is 1090. The number of carbonyl (C=O) groups is 1. The predicted octanol–water partition coefficient (Wildman–Crippen LogP) is 4.58. The average Bonchev–Trinajstić information content (AvgIpc) is 3.23. The lowest BCUT2D eigenvalue weighted by Gasteiger charge is -2.14. The summed E-state index contributed by atoms with van der Waals surface area (Å²) in [5.41, 5.74) is 2.04. The zero-order valence-electron chi connectivity index (χ0n) is 16.0. The van der Waals surface area contributed by atoms with Crippen LogP contribution in [0.15, 0.2) is 39.4 Å². The number of aromatic nitrogens is 2. The highest BCUT2D eigenvalue weighted by molar-refractivity contribution is 9.10. The van der Waals surface area contributed by atoms with E-state index in [2.05, 4.69) is 26.3 Å². The number of benzene rings is 1. The molecule has 3 rings (SSSR count). The Morgan fingerprint density at radius 3 is 2.76 bits per heavy atom. The Hall–Kier alpha value is -3.14. The van der Waals surface area contributed by atoms with E-state index >= 15 is 0 Å². The molecule has 2 heterocycles. The van der Waals surface area contributed by atoms with Gasteiger partial charge in [0.15, 0.2) is 5.76 Å². The molecule has 0 bridgehead atoms. The number of nitro groups is 1. The summed E-state index contributed by atoms with van der Waals surface area (Å²) in [5, 5.41) is 27.6. The van der Waals surface area contributed by atoms with Crippen LogP contribution in [0, 0.1) is 17.0 Å². The van der Waals surface area contributed by atoms with Crippen molar-refractivity contribution >= 4 is 33.3 Å². The fourth-order valence-electron chi connectivity index (χ4n) is 2.83. The van der Waals surface area contributed by atoms with Crippen LogP contribution in [-0.4, -0.2) is 25.7 Å². The Labute approximate surface area is 174 Å². The number of amides is 1. The molecule has 9 nitrogen and oxygen atoms in total. The highest BCUT2D eigenvalue weighted by Crippen LogP contribution is 2.31. The van der Waals surface area contributed by atoms with Gasteiger partial charge in [-0.2, -0.15) is 4.68 Å². The zero-order chi connectivity index (χ0) is 21.3. The number of anilines is 1. The average molecular weight is 463 g/mol. The molecule has 152 valence electrons. The van der Waals surface area contributed by atoms with Gasteiger partial charge in [-0.15, -0.1) is 0 Å². The van der Waals surface area contributed by atoms with E-state index in [0.717, 1.165) is 11.1 Å². The van der Waals surface area contributed by atoms with Gasteiger partial charge in [0.05, 0.1) is 11.3 Å². The van der Waals surface area contributed by atoms with E-state index in [1.165, 1.54) is 16.9 Å². The second-order valence-corrected chi connectivity index (χ2v) is 7.71. The molecule has 0 aliphatic carbocycles. The van der Waals surface area contributed by atoms with Gasteiger partial charge in [-0.25, -0.2) is 0 Å². The summed E-state index contributed by atoms with van der Waals surface area (Å²) in [7, 11) is 0. The first-order valence-corrected chi connectivity index (χ1v) is 9.56. The van der Waals surface area contributed by atoms with Crippen LogP contribution in [0.25, 0.3) is 0 Å². The third-order valence-corrected chi connectivity index (χ3v) is 4.88. The molecular formula is C19H19BrN4O5. The molecule has 29 heavy (non-hydrogen) atoms. The summed E-state index contributed by atoms with van der Waals surface area (Å²) in [4.78, 5) is 22.8. The first-order valence-electron chi connectivity index (χ1n) is 8.76. The van der Waals surface area contributed by atoms with Gasteiger partial charge in [0.2, 0.25) is 0 Å². The number of hydrogen-bond acceptors (Lipinski definition) is 6. The number of furan rings is 1. The van der Waals surface area contributed by atoms with Gasteiger partial charge in [0.25, 0.3) is 5.91 Å². The molecule has 3 aromatic rings. The largest absolute Gasteiger partial charge is 0.508 e. The van der Waals surface area contributed by atoms with E-state index in [1.807, 2.05) is 13.8 Å². The Morgan fingerprint density at radius 1 is 1.41 bits per heavy atom. The summed E-state index contributed by atoms with van der Waals surface area (Å²) >= 11 is 3.09. The Morgan fingerprint density at radius 2 is 2.14 bits per heavy atom. The van der Waals surface area contributed by atoms with Crippen molar-refractivity contribution in [2.75, 3.05) is 5.32 Å². The third-order valence-electron chi connectivity index (χ3n) is 4.32. The molecule has 1 amide bonds. The maximum Gasteiger partial charge on any atom is 0.404 e. The van der Waals surface area contributed by atoms with Crippen LogP contribution >= 0.6 is 15.9 Å². The van der Waals surface area contributed by atoms with Crippen molar-refractivity contribution in [2.24, 2.45) is 0 Å². The summed E-state index contributed by atoms with van der Waals surface area (Å²) in [6.07, 6.45) is 1.47. The van der Waals surface area contributed by atoms with Crippen LogP contribution in [0.5, 0.6) is 5.75 Å². The standard InChI is InChI=1S/C19H19BrN4O5/c1-10(2)13-7-15(11(3)6-16(13)25)21-19(26)17-5-4-12(29-17)8-23-9-14(20)18(22-23)24(27)28/h4-7,9-10,25H,8H2,1-3H3,(H,21,26). The van der Waals surface area contributed by atoms with Crippen molar-refractivity contribution in [3.8, 4) is 5.75 Å². The first kappa shape index (κ1) is 20.6. The number of rotatable bonds is 6. The summed E-state index contributed by atoms with van der Waals surface area (Å²) < 4.78 is 7.17. The molecule has 2 aromatic heterocycles. The Balaban J connectivity index is 1.75. The third kappa shape index (κ3) is 4.48. The number of aromatic hydroxyl groups is 1. The number of nitrogens with one attached hydrogen (secondary N) is 1. The summed E-state index contributed by atoms with van der Waals surface area (Å²) in [6, 6.07) is 6.49. The number of halogens is 1. The smallest absolute Gasteiger partial charge is 0.404 e. The monoisotopic (exact) mass is 462 g/mol. The van der Waals surface area contributed by atoms with Crippen LogP contribution < -0.4 is 5.32 Å². The maximum absolute atomic E-state index is 12.6. The fraction of sp³-hybridized carbons (Fsp3) is 0.263. The molecule has 1 aromatic carbocycles. The van der Waals surface area contributed by atoms with Gasteiger partial charge in [0, 0.05) is 5.69 Å². The quantitative estimate of drug-likeness (QED) is 0.313. The molecule has 0 saturated heterocycles. The van der Waals surface area contributed by atoms with E-state index in [4.69, 9.17) is 4.42 Å². The molecule has 0 spiro atoms. The second-order valence-electron chi connectivity index (χ2n) is 6.86. The van der Waals surface area contributed by atoms with Gasteiger partial charge in [-0.05, 0) is 69.1 Å². The molecule has 0 aliphatic heterocycles. The highest BCUT2D eigenvalue weighted by atomic mass is 79.9. The van der Waals surface area contributed by atoms with Gasteiger partial charge >= 0.3 is 5.82 Å². The SMILES string of the molecule is Cc1cc(O)c(C(C)C)cc1NC(=O)c1ccc(Cn2cc(Br)c([N+](=O)[O-])n2)o1. The number of phenolic OH excluding ortho intramolecular Hbond substituents is 1. The predicted molar refractivity (Wildman–Crippen MR) is 109 cm³/mol. The fourth-order valence-corrected chi connectivity index (χ4v) is 3.29. The number of hydrogen-bond donors (Lipinski definition) is 2. The Kier molecular flexibility index (Phi) is 5.73. The van der Waals surface area contributed by atoms with Crippen molar-refractivity contribution < 1.29 is 19.2 Å². The van der Waals surface area contributed by atoms with Crippen LogP contribution in [-0.2, 0) is 6.54 Å². The lowest BCUT2D eigenvalue weighted by Crippen LogP contribution is -2.12. The molecule has 0 unspecified atom stereocenters. The van der Waals surface area contributed by atoms with E-state index in [9.17, 15) is 20.0 Å². The first-order chi connectivity index (χ1) is 13.7. The van der Waals surface area contributed by atoms with E-state index in [0.29, 0.717) is 11.4 Å². The molecule has 0 radical (unpaired) electrons. The molecule has 0 saturated carbocycles. The lowest BCUT2D eigenvalue weighted by molar-refractivity contribution is -0.390. The van der Waals surface area contributed by atoms with Crippen LogP contribution in [0.2, 0.25) is 0 Å². The van der Waals surface area contributed by atoms with E-state index in [-0.39, 0.29) is 34.3 Å². The number of aryl methyl sites for hydroxylation is 1. The van der Waals surface area contributed by atoms with Crippen molar-refractivity contribution in [3.63, 3.8) is 0 Å². The van der Waals surface area contributed by atoms with Crippen molar-refractivity contribution in [1.29, 1.82) is 0 Å². The second kappa shape index (κ2) is 8.08. The normalized spacial score (nSPS) is 11.1. The molecule has 2 N–H and O–H groups in total. The number of phenols is 1. The van der Waals surface area contributed by atoms with Gasteiger partial charge < -0.3 is 25.0 Å². The molecular weight excluding hydrogens is 444 g/mol. The van der Waals surface area contributed by atoms with E-state index < -0.39 is 10.8 Å². The van der Waals surface area contributed by atoms with Gasteiger partial charge in [-0.3, -0.25) is 4.79 Å². The van der Waals surface area contributed by atoms with Crippen molar-refractivity contribution in [1.82, 2.24) is 9.78 Å². The zero-order valence-corrected chi connectivity index (χ0v) is 17.6.